The lowest BCUT2D eigenvalue weighted by Gasteiger charge is -2.31. The molecule has 0 aromatic heterocycles. The fourth-order valence-corrected chi connectivity index (χ4v) is 3.90. The Morgan fingerprint density at radius 2 is 1.73 bits per heavy atom. The predicted molar refractivity (Wildman–Crippen MR) is 100 cm³/mol. The van der Waals surface area contributed by atoms with Gasteiger partial charge in [0.2, 0.25) is 0 Å². The summed E-state index contributed by atoms with van der Waals surface area (Å²) in [5.41, 5.74) is 3.68. The van der Waals surface area contributed by atoms with Gasteiger partial charge in [0, 0.05) is 30.6 Å². The maximum Gasteiger partial charge on any atom is 0.269 e. The summed E-state index contributed by atoms with van der Waals surface area (Å²) in [6.07, 6.45) is 0.917. The summed E-state index contributed by atoms with van der Waals surface area (Å²) in [6.45, 7) is 3.09. The minimum absolute atomic E-state index is 0.115. The van der Waals surface area contributed by atoms with E-state index in [1.807, 2.05) is 12.1 Å². The van der Waals surface area contributed by atoms with Crippen LogP contribution < -0.4 is 9.47 Å². The number of hydrogen-bond donors (Lipinski definition) is 0. The molecule has 0 saturated heterocycles. The summed E-state index contributed by atoms with van der Waals surface area (Å²) in [4.78, 5) is 12.9. The molecule has 1 aliphatic heterocycles. The number of non-ortho nitro benzene ring substituents is 1. The van der Waals surface area contributed by atoms with Crippen molar-refractivity contribution in [3.8, 4) is 11.5 Å². The van der Waals surface area contributed by atoms with Gasteiger partial charge in [-0.2, -0.15) is 0 Å². The molecule has 0 radical (unpaired) electrons. The molecule has 138 valence electrons. The maximum atomic E-state index is 10.9. The lowest BCUT2D eigenvalue weighted by atomic mass is 9.86. The Morgan fingerprint density at radius 3 is 2.31 bits per heavy atom. The van der Waals surface area contributed by atoms with Crippen LogP contribution in [0.1, 0.15) is 35.6 Å². The average Bonchev–Trinajstić information content (AvgIpc) is 2.77. The minimum Gasteiger partial charge on any atom is -0.493 e. The molecule has 0 unspecified atom stereocenters. The zero-order valence-electron chi connectivity index (χ0n) is 15.6. The lowest BCUT2D eigenvalue weighted by molar-refractivity contribution is -0.384. The molecule has 2 aromatic rings. The summed E-state index contributed by atoms with van der Waals surface area (Å²) in [7, 11) is 5.39. The Bertz CT molecular complexity index is 804. The quantitative estimate of drug-likeness (QED) is 0.613. The largest absolute Gasteiger partial charge is 0.493 e. The highest BCUT2D eigenvalue weighted by Gasteiger charge is 2.30. The zero-order chi connectivity index (χ0) is 18.8. The molecule has 0 fully saturated rings. The first-order chi connectivity index (χ1) is 12.5. The molecule has 3 rings (SSSR count). The van der Waals surface area contributed by atoms with Crippen LogP contribution in [0.3, 0.4) is 0 Å². The van der Waals surface area contributed by atoms with E-state index in [1.165, 1.54) is 11.1 Å². The number of fused-ring (bicyclic) bond motifs is 1. The Kier molecular flexibility index (Phi) is 5.13. The predicted octanol–water partition coefficient (Wildman–Crippen LogP) is 3.94. The van der Waals surface area contributed by atoms with Crippen LogP contribution in [-0.4, -0.2) is 37.6 Å². The third-order valence-corrected chi connectivity index (χ3v) is 5.26. The smallest absolute Gasteiger partial charge is 0.269 e. The van der Waals surface area contributed by atoms with Crippen molar-refractivity contribution in [1.82, 2.24) is 4.90 Å². The van der Waals surface area contributed by atoms with Crippen molar-refractivity contribution in [2.45, 2.75) is 25.3 Å². The van der Waals surface area contributed by atoms with Gasteiger partial charge >= 0.3 is 0 Å². The van der Waals surface area contributed by atoms with E-state index in [2.05, 4.69) is 31.0 Å². The van der Waals surface area contributed by atoms with Crippen LogP contribution in [0.2, 0.25) is 0 Å². The lowest BCUT2D eigenvalue weighted by Crippen LogP contribution is -2.28. The number of likely N-dealkylation sites (N-methyl/N-ethyl adjacent to an activating group) is 1. The Labute approximate surface area is 153 Å². The molecule has 0 N–H and O–H groups in total. The number of nitro groups is 1. The van der Waals surface area contributed by atoms with Crippen LogP contribution in [0.25, 0.3) is 0 Å². The average molecular weight is 356 g/mol. The molecular weight excluding hydrogens is 332 g/mol. The summed E-state index contributed by atoms with van der Waals surface area (Å²) < 4.78 is 10.9. The molecule has 0 aliphatic carbocycles. The Balaban J connectivity index is 2.03. The van der Waals surface area contributed by atoms with E-state index < -0.39 is 0 Å². The zero-order valence-corrected chi connectivity index (χ0v) is 15.6. The third kappa shape index (κ3) is 3.24. The van der Waals surface area contributed by atoms with Crippen LogP contribution >= 0.6 is 0 Å². The second-order valence-corrected chi connectivity index (χ2v) is 6.72. The molecule has 0 spiro atoms. The highest BCUT2D eigenvalue weighted by molar-refractivity contribution is 5.50. The normalized spacial score (nSPS) is 20.2. The molecule has 26 heavy (non-hydrogen) atoms. The number of methoxy groups -OCH3 is 2. The number of benzene rings is 2. The van der Waals surface area contributed by atoms with Crippen molar-refractivity contribution < 1.29 is 14.4 Å². The van der Waals surface area contributed by atoms with E-state index >= 15 is 0 Å². The van der Waals surface area contributed by atoms with E-state index in [4.69, 9.17) is 9.47 Å². The van der Waals surface area contributed by atoms with Gasteiger partial charge in [-0.05, 0) is 42.3 Å². The van der Waals surface area contributed by atoms with Crippen LogP contribution in [0.4, 0.5) is 5.69 Å². The molecule has 0 saturated carbocycles. The van der Waals surface area contributed by atoms with Crippen molar-refractivity contribution in [2.24, 2.45) is 0 Å². The first-order valence-electron chi connectivity index (χ1n) is 8.65. The molecule has 1 aliphatic rings. The van der Waals surface area contributed by atoms with Gasteiger partial charge in [0.25, 0.3) is 5.69 Å². The van der Waals surface area contributed by atoms with E-state index in [1.54, 1.807) is 26.4 Å². The maximum absolute atomic E-state index is 10.9. The number of hydrogen-bond acceptors (Lipinski definition) is 5. The number of nitrogens with zero attached hydrogens (tertiary/aromatic N) is 2. The van der Waals surface area contributed by atoms with Crippen molar-refractivity contribution in [1.29, 1.82) is 0 Å². The summed E-state index contributed by atoms with van der Waals surface area (Å²) in [6, 6.07) is 11.2. The molecule has 6 heteroatoms. The molecular formula is C20H24N2O4. The van der Waals surface area contributed by atoms with E-state index in [9.17, 15) is 10.1 Å². The Hall–Kier alpha value is -2.60. The molecule has 2 atom stereocenters. The highest BCUT2D eigenvalue weighted by Crippen LogP contribution is 2.43. The number of nitro benzene ring substituents is 1. The Morgan fingerprint density at radius 1 is 1.12 bits per heavy atom. The third-order valence-electron chi connectivity index (χ3n) is 5.26. The van der Waals surface area contributed by atoms with E-state index in [0.29, 0.717) is 0 Å². The van der Waals surface area contributed by atoms with Crippen molar-refractivity contribution >= 4 is 5.69 Å². The summed E-state index contributed by atoms with van der Waals surface area (Å²) >= 11 is 0. The molecule has 0 amide bonds. The second kappa shape index (κ2) is 7.33. The number of rotatable bonds is 4. The summed E-state index contributed by atoms with van der Waals surface area (Å²) in [5.74, 6) is 1.68. The molecule has 2 aromatic carbocycles. The SMILES string of the molecule is COc1cc2c(cc1OC)[C@H](C)[C@H](c1ccc([N+](=O)[O-])cc1)N(C)CC2. The van der Waals surface area contributed by atoms with Gasteiger partial charge in [-0.1, -0.05) is 19.1 Å². The van der Waals surface area contributed by atoms with E-state index in [0.717, 1.165) is 30.0 Å². The van der Waals surface area contributed by atoms with Gasteiger partial charge < -0.3 is 9.47 Å². The van der Waals surface area contributed by atoms with Gasteiger partial charge in [0.1, 0.15) is 0 Å². The van der Waals surface area contributed by atoms with Crippen molar-refractivity contribution in [3.63, 3.8) is 0 Å². The number of ether oxygens (including phenoxy) is 2. The van der Waals surface area contributed by atoms with Crippen molar-refractivity contribution in [3.05, 3.63) is 63.2 Å². The van der Waals surface area contributed by atoms with Gasteiger partial charge in [-0.25, -0.2) is 0 Å². The first-order valence-corrected chi connectivity index (χ1v) is 8.65. The van der Waals surface area contributed by atoms with Crippen LogP contribution in [0.15, 0.2) is 36.4 Å². The topological polar surface area (TPSA) is 64.8 Å². The van der Waals surface area contributed by atoms with Gasteiger partial charge in [-0.15, -0.1) is 0 Å². The minimum atomic E-state index is -0.365. The van der Waals surface area contributed by atoms with Crippen LogP contribution in [-0.2, 0) is 6.42 Å². The molecule has 1 heterocycles. The fraction of sp³-hybridized carbons (Fsp3) is 0.400. The van der Waals surface area contributed by atoms with Gasteiger partial charge in [-0.3, -0.25) is 15.0 Å². The first kappa shape index (κ1) is 18.2. The highest BCUT2D eigenvalue weighted by atomic mass is 16.6. The van der Waals surface area contributed by atoms with Crippen LogP contribution in [0.5, 0.6) is 11.5 Å². The van der Waals surface area contributed by atoms with Gasteiger partial charge in [0.05, 0.1) is 19.1 Å². The van der Waals surface area contributed by atoms with Gasteiger partial charge in [0.15, 0.2) is 11.5 Å². The molecule has 0 bridgehead atoms. The summed E-state index contributed by atoms with van der Waals surface area (Å²) in [5, 5.41) is 10.9. The van der Waals surface area contributed by atoms with Crippen LogP contribution in [0, 0.1) is 10.1 Å². The fourth-order valence-electron chi connectivity index (χ4n) is 3.90. The standard InChI is InChI=1S/C20H24N2O4/c1-13-17-12-19(26-4)18(25-3)11-15(17)9-10-21(2)20(13)14-5-7-16(8-6-14)22(23)24/h5-8,11-13,20H,9-10H2,1-4H3/t13-,20+/m0/s1. The van der Waals surface area contributed by atoms with Crippen molar-refractivity contribution in [2.75, 3.05) is 27.8 Å². The second-order valence-electron chi connectivity index (χ2n) is 6.72. The molecule has 6 nitrogen and oxygen atoms in total. The monoisotopic (exact) mass is 356 g/mol. The van der Waals surface area contributed by atoms with E-state index in [-0.39, 0.29) is 22.6 Å².